The van der Waals surface area contributed by atoms with E-state index < -0.39 is 0 Å². The van der Waals surface area contributed by atoms with E-state index in [1.807, 2.05) is 0 Å². The molecule has 0 heterocycles. The number of hydrogen-bond donors (Lipinski definition) is 1. The molecule has 2 nitrogen and oxygen atoms in total. The van der Waals surface area contributed by atoms with Crippen LogP contribution in [0.2, 0.25) is 0 Å². The lowest BCUT2D eigenvalue weighted by Gasteiger charge is -2.12. The van der Waals surface area contributed by atoms with Gasteiger partial charge >= 0.3 is 0 Å². The average Bonchev–Trinajstić information content (AvgIpc) is 2.84. The molecule has 19 heavy (non-hydrogen) atoms. The maximum Gasteiger partial charge on any atom is 0.119 e. The maximum absolute atomic E-state index is 5.67. The highest BCUT2D eigenvalue weighted by Gasteiger charge is 2.20. The van der Waals surface area contributed by atoms with Crippen LogP contribution in [0, 0.1) is 5.92 Å². The first-order valence-corrected chi connectivity index (χ1v) is 7.73. The van der Waals surface area contributed by atoms with Crippen LogP contribution >= 0.6 is 0 Å². The number of benzene rings is 1. The van der Waals surface area contributed by atoms with Crippen molar-refractivity contribution in [3.8, 4) is 5.75 Å². The normalized spacial score (nSPS) is 22.6. The van der Waals surface area contributed by atoms with Crippen LogP contribution in [0.5, 0.6) is 5.75 Å². The molecule has 2 atom stereocenters. The van der Waals surface area contributed by atoms with Crippen molar-refractivity contribution < 1.29 is 4.74 Å². The Morgan fingerprint density at radius 1 is 1.21 bits per heavy atom. The Bertz CT molecular complexity index is 360. The van der Waals surface area contributed by atoms with Gasteiger partial charge in [-0.2, -0.15) is 0 Å². The fourth-order valence-corrected chi connectivity index (χ4v) is 2.69. The second-order valence-electron chi connectivity index (χ2n) is 5.84. The van der Waals surface area contributed by atoms with Crippen LogP contribution in [0.15, 0.2) is 24.3 Å². The number of hydrogen-bond acceptors (Lipinski definition) is 2. The van der Waals surface area contributed by atoms with Gasteiger partial charge in [-0.25, -0.2) is 0 Å². The molecule has 1 aliphatic rings. The summed E-state index contributed by atoms with van der Waals surface area (Å²) < 4.78 is 5.67. The van der Waals surface area contributed by atoms with Crippen molar-refractivity contribution in [2.45, 2.75) is 58.5 Å². The first kappa shape index (κ1) is 14.4. The highest BCUT2D eigenvalue weighted by Crippen LogP contribution is 2.24. The van der Waals surface area contributed by atoms with Gasteiger partial charge in [0.1, 0.15) is 5.75 Å². The summed E-state index contributed by atoms with van der Waals surface area (Å²) in [6, 6.07) is 9.24. The molecule has 1 aromatic rings. The van der Waals surface area contributed by atoms with E-state index in [2.05, 4.69) is 43.4 Å². The van der Waals surface area contributed by atoms with Crippen molar-refractivity contribution in [1.82, 2.24) is 5.32 Å². The molecule has 106 valence electrons. The molecule has 1 N–H and O–H groups in total. The van der Waals surface area contributed by atoms with Gasteiger partial charge in [0, 0.05) is 12.6 Å². The Balaban J connectivity index is 1.72. The number of unbranched alkanes of at least 4 members (excludes halogenated alkanes) is 1. The van der Waals surface area contributed by atoms with Gasteiger partial charge in [-0.1, -0.05) is 32.4 Å². The van der Waals surface area contributed by atoms with Crippen molar-refractivity contribution >= 4 is 0 Å². The largest absolute Gasteiger partial charge is 0.494 e. The third kappa shape index (κ3) is 4.87. The lowest BCUT2D eigenvalue weighted by atomic mass is 10.1. The zero-order valence-corrected chi connectivity index (χ0v) is 12.3. The minimum atomic E-state index is 0.718. The van der Waals surface area contributed by atoms with Crippen molar-refractivity contribution in [3.05, 3.63) is 29.8 Å². The van der Waals surface area contributed by atoms with Crippen LogP contribution in [0.25, 0.3) is 0 Å². The minimum Gasteiger partial charge on any atom is -0.494 e. The summed E-state index contributed by atoms with van der Waals surface area (Å²) in [7, 11) is 0. The van der Waals surface area contributed by atoms with E-state index in [9.17, 15) is 0 Å². The predicted octanol–water partition coefficient (Wildman–Crippen LogP) is 4.14. The van der Waals surface area contributed by atoms with E-state index in [0.717, 1.165) is 37.3 Å². The molecular formula is C17H27NO. The number of ether oxygens (including phenoxy) is 1. The van der Waals surface area contributed by atoms with Crippen LogP contribution in [0.3, 0.4) is 0 Å². The summed E-state index contributed by atoms with van der Waals surface area (Å²) in [5.74, 6) is 1.89. The lowest BCUT2D eigenvalue weighted by molar-refractivity contribution is 0.309. The molecule has 0 amide bonds. The van der Waals surface area contributed by atoms with Gasteiger partial charge in [0.25, 0.3) is 0 Å². The molecule has 0 bridgehead atoms. The zero-order chi connectivity index (χ0) is 13.5. The quantitative estimate of drug-likeness (QED) is 0.745. The average molecular weight is 261 g/mol. The van der Waals surface area contributed by atoms with Crippen molar-refractivity contribution in [3.63, 3.8) is 0 Å². The van der Waals surface area contributed by atoms with Crippen molar-refractivity contribution in [2.75, 3.05) is 6.61 Å². The van der Waals surface area contributed by atoms with E-state index in [0.29, 0.717) is 0 Å². The standard InChI is InChI=1S/C17H27NO/c1-3-4-11-19-17-9-6-15(7-10-17)13-18-16-8-5-14(2)12-16/h6-7,9-10,14,16,18H,3-5,8,11-13H2,1-2H3. The van der Waals surface area contributed by atoms with E-state index in [4.69, 9.17) is 4.74 Å². The molecule has 0 saturated heterocycles. The van der Waals surface area contributed by atoms with Gasteiger partial charge in [-0.05, 0) is 49.3 Å². The third-order valence-electron chi connectivity index (χ3n) is 3.98. The lowest BCUT2D eigenvalue weighted by Crippen LogP contribution is -2.25. The van der Waals surface area contributed by atoms with Gasteiger partial charge in [0.2, 0.25) is 0 Å². The molecule has 2 unspecified atom stereocenters. The van der Waals surface area contributed by atoms with Crippen LogP contribution in [0.1, 0.15) is 51.5 Å². The first-order valence-electron chi connectivity index (χ1n) is 7.73. The molecule has 1 aliphatic carbocycles. The maximum atomic E-state index is 5.67. The van der Waals surface area contributed by atoms with E-state index in [1.165, 1.54) is 31.2 Å². The molecule has 0 spiro atoms. The topological polar surface area (TPSA) is 21.3 Å². The predicted molar refractivity (Wildman–Crippen MR) is 80.5 cm³/mol. The van der Waals surface area contributed by atoms with Crippen LogP contribution in [-0.2, 0) is 6.54 Å². The molecule has 1 aromatic carbocycles. The summed E-state index contributed by atoms with van der Waals surface area (Å²) in [5, 5.41) is 3.66. The Morgan fingerprint density at radius 3 is 2.63 bits per heavy atom. The van der Waals surface area contributed by atoms with Gasteiger partial charge in [0.15, 0.2) is 0 Å². The van der Waals surface area contributed by atoms with Crippen LogP contribution < -0.4 is 10.1 Å². The Labute approximate surface area is 117 Å². The van der Waals surface area contributed by atoms with Crippen LogP contribution in [0.4, 0.5) is 0 Å². The molecular weight excluding hydrogens is 234 g/mol. The van der Waals surface area contributed by atoms with Gasteiger partial charge < -0.3 is 10.1 Å². The van der Waals surface area contributed by atoms with Gasteiger partial charge in [-0.15, -0.1) is 0 Å². The van der Waals surface area contributed by atoms with E-state index in [1.54, 1.807) is 0 Å². The number of nitrogens with one attached hydrogen (secondary N) is 1. The second kappa shape index (κ2) is 7.54. The molecule has 1 saturated carbocycles. The molecule has 2 rings (SSSR count). The minimum absolute atomic E-state index is 0.718. The first-order chi connectivity index (χ1) is 9.28. The summed E-state index contributed by atoms with van der Waals surface area (Å²) in [6.07, 6.45) is 6.35. The smallest absolute Gasteiger partial charge is 0.119 e. The molecule has 2 heteroatoms. The summed E-state index contributed by atoms with van der Waals surface area (Å²) in [6.45, 7) is 6.34. The number of rotatable bonds is 7. The zero-order valence-electron chi connectivity index (χ0n) is 12.3. The second-order valence-corrected chi connectivity index (χ2v) is 5.84. The highest BCUT2D eigenvalue weighted by atomic mass is 16.5. The Morgan fingerprint density at radius 2 is 2.00 bits per heavy atom. The highest BCUT2D eigenvalue weighted by molar-refractivity contribution is 5.27. The van der Waals surface area contributed by atoms with E-state index >= 15 is 0 Å². The van der Waals surface area contributed by atoms with Crippen molar-refractivity contribution in [1.29, 1.82) is 0 Å². The van der Waals surface area contributed by atoms with Crippen LogP contribution in [-0.4, -0.2) is 12.6 Å². The van der Waals surface area contributed by atoms with Gasteiger partial charge in [0.05, 0.1) is 6.61 Å². The molecule has 0 aromatic heterocycles. The summed E-state index contributed by atoms with van der Waals surface area (Å²) in [4.78, 5) is 0. The summed E-state index contributed by atoms with van der Waals surface area (Å²) in [5.41, 5.74) is 1.35. The SMILES string of the molecule is CCCCOc1ccc(CNC2CCC(C)C2)cc1. The Hall–Kier alpha value is -1.02. The van der Waals surface area contributed by atoms with Gasteiger partial charge in [-0.3, -0.25) is 0 Å². The summed E-state index contributed by atoms with van der Waals surface area (Å²) >= 11 is 0. The molecule has 0 aliphatic heterocycles. The third-order valence-corrected chi connectivity index (χ3v) is 3.98. The fraction of sp³-hybridized carbons (Fsp3) is 0.647. The Kier molecular flexibility index (Phi) is 5.71. The molecule has 0 radical (unpaired) electrons. The van der Waals surface area contributed by atoms with E-state index in [-0.39, 0.29) is 0 Å². The fourth-order valence-electron chi connectivity index (χ4n) is 2.69. The monoisotopic (exact) mass is 261 g/mol. The van der Waals surface area contributed by atoms with Crippen molar-refractivity contribution in [2.24, 2.45) is 5.92 Å². The molecule has 1 fully saturated rings.